The van der Waals surface area contributed by atoms with Gasteiger partial charge in [-0.3, -0.25) is 0 Å². The van der Waals surface area contributed by atoms with Crippen LogP contribution in [0.2, 0.25) is 0 Å². The summed E-state index contributed by atoms with van der Waals surface area (Å²) in [5.41, 5.74) is 1.48. The second kappa shape index (κ2) is 6.06. The largest absolute Gasteiger partial charge is 0.391 e. The first-order valence-corrected chi connectivity index (χ1v) is 5.47. The third-order valence-corrected chi connectivity index (χ3v) is 3.14. The van der Waals surface area contributed by atoms with E-state index in [-0.39, 0.29) is 0 Å². The summed E-state index contributed by atoms with van der Waals surface area (Å²) in [7, 11) is 1.97. The van der Waals surface area contributed by atoms with Crippen LogP contribution in [0, 0.1) is 5.41 Å². The van der Waals surface area contributed by atoms with Gasteiger partial charge in [0.05, 0.1) is 0 Å². The van der Waals surface area contributed by atoms with E-state index in [1.165, 1.54) is 37.8 Å². The van der Waals surface area contributed by atoms with Gasteiger partial charge in [0.25, 0.3) is 0 Å². The van der Waals surface area contributed by atoms with Gasteiger partial charge < -0.3 is 5.32 Å². The summed E-state index contributed by atoms with van der Waals surface area (Å²) >= 11 is 0. The van der Waals surface area contributed by atoms with E-state index < -0.39 is 0 Å². The fourth-order valence-electron chi connectivity index (χ4n) is 1.61. The highest BCUT2D eigenvalue weighted by Crippen LogP contribution is 2.33. The molecule has 0 bridgehead atoms. The lowest BCUT2D eigenvalue weighted by molar-refractivity contribution is 0.321. The van der Waals surface area contributed by atoms with Crippen LogP contribution in [0.5, 0.6) is 0 Å². The highest BCUT2D eigenvalue weighted by atomic mass is 14.8. The molecule has 0 spiro atoms. The number of allylic oxidation sites excluding steroid dienone is 1. The van der Waals surface area contributed by atoms with Gasteiger partial charge in [0, 0.05) is 18.2 Å². The Balaban J connectivity index is 4.03. The summed E-state index contributed by atoms with van der Waals surface area (Å²) in [5.74, 6) is 0. The van der Waals surface area contributed by atoms with Gasteiger partial charge in [-0.1, -0.05) is 46.6 Å². The zero-order valence-electron chi connectivity index (χ0n) is 9.74. The number of rotatable bonds is 7. The normalized spacial score (nSPS) is 15.1. The van der Waals surface area contributed by atoms with Gasteiger partial charge in [-0.15, -0.1) is 0 Å². The van der Waals surface area contributed by atoms with Gasteiger partial charge in [-0.05, 0) is 12.8 Å². The molecular weight excluding hydrogens is 158 g/mol. The number of unbranched alkanes of at least 4 members (excludes halogenated alkanes) is 2. The molecule has 78 valence electrons. The Labute approximate surface area is 83.6 Å². The first-order chi connectivity index (χ1) is 6.10. The van der Waals surface area contributed by atoms with Crippen molar-refractivity contribution in [2.45, 2.75) is 52.9 Å². The lowest BCUT2D eigenvalue weighted by atomic mass is 9.79. The molecule has 0 aromatic rings. The topological polar surface area (TPSA) is 12.0 Å². The van der Waals surface area contributed by atoms with Crippen LogP contribution in [-0.4, -0.2) is 7.05 Å². The van der Waals surface area contributed by atoms with Gasteiger partial charge in [0.2, 0.25) is 0 Å². The average Bonchev–Trinajstić information content (AvgIpc) is 2.16. The molecule has 0 fully saturated rings. The summed E-state index contributed by atoms with van der Waals surface area (Å²) in [6.07, 6.45) is 6.40. The minimum absolute atomic E-state index is 0.296. The SMILES string of the molecule is C=C(NC)C(C)(CC)CCCCC. The molecular formula is C12H25N. The van der Waals surface area contributed by atoms with E-state index in [0.29, 0.717) is 5.41 Å². The lowest BCUT2D eigenvalue weighted by Crippen LogP contribution is -2.25. The first-order valence-electron chi connectivity index (χ1n) is 5.47. The van der Waals surface area contributed by atoms with Crippen LogP contribution in [0.4, 0.5) is 0 Å². The molecule has 0 saturated carbocycles. The minimum Gasteiger partial charge on any atom is -0.391 e. The van der Waals surface area contributed by atoms with Gasteiger partial charge in [0.1, 0.15) is 0 Å². The second-order valence-corrected chi connectivity index (χ2v) is 4.10. The number of hydrogen-bond donors (Lipinski definition) is 1. The molecule has 0 heterocycles. The Hall–Kier alpha value is -0.460. The molecule has 1 atom stereocenters. The minimum atomic E-state index is 0.296. The standard InChI is InChI=1S/C12H25N/c1-6-8-9-10-12(4,7-2)11(3)13-5/h13H,3,6-10H2,1-2,4-5H3. The van der Waals surface area contributed by atoms with E-state index >= 15 is 0 Å². The molecule has 0 aromatic heterocycles. The van der Waals surface area contributed by atoms with Crippen LogP contribution in [0.3, 0.4) is 0 Å². The van der Waals surface area contributed by atoms with E-state index in [4.69, 9.17) is 0 Å². The van der Waals surface area contributed by atoms with E-state index in [9.17, 15) is 0 Å². The molecule has 0 aliphatic rings. The van der Waals surface area contributed by atoms with E-state index in [1.54, 1.807) is 0 Å². The molecule has 0 saturated heterocycles. The van der Waals surface area contributed by atoms with Crippen molar-refractivity contribution < 1.29 is 0 Å². The summed E-state index contributed by atoms with van der Waals surface area (Å²) in [6.45, 7) is 10.9. The van der Waals surface area contributed by atoms with Crippen LogP contribution in [0.25, 0.3) is 0 Å². The lowest BCUT2D eigenvalue weighted by Gasteiger charge is -2.30. The van der Waals surface area contributed by atoms with E-state index in [2.05, 4.69) is 32.7 Å². The summed E-state index contributed by atoms with van der Waals surface area (Å²) in [4.78, 5) is 0. The molecule has 0 aliphatic carbocycles. The molecule has 1 nitrogen and oxygen atoms in total. The third-order valence-electron chi connectivity index (χ3n) is 3.14. The van der Waals surface area contributed by atoms with Crippen LogP contribution in [0.15, 0.2) is 12.3 Å². The van der Waals surface area contributed by atoms with Gasteiger partial charge >= 0.3 is 0 Å². The molecule has 1 heteroatoms. The van der Waals surface area contributed by atoms with Crippen LogP contribution in [-0.2, 0) is 0 Å². The van der Waals surface area contributed by atoms with E-state index in [0.717, 1.165) is 0 Å². The van der Waals surface area contributed by atoms with Gasteiger partial charge in [0.15, 0.2) is 0 Å². The third kappa shape index (κ3) is 3.84. The van der Waals surface area contributed by atoms with Crippen molar-refractivity contribution in [1.29, 1.82) is 0 Å². The fraction of sp³-hybridized carbons (Fsp3) is 0.833. The van der Waals surface area contributed by atoms with Crippen molar-refractivity contribution >= 4 is 0 Å². The van der Waals surface area contributed by atoms with Crippen molar-refractivity contribution in [3.05, 3.63) is 12.3 Å². The van der Waals surface area contributed by atoms with Crippen molar-refractivity contribution in [3.63, 3.8) is 0 Å². The van der Waals surface area contributed by atoms with Crippen molar-refractivity contribution in [1.82, 2.24) is 5.32 Å². The maximum atomic E-state index is 4.08. The zero-order chi connectivity index (χ0) is 10.3. The van der Waals surface area contributed by atoms with Crippen LogP contribution >= 0.6 is 0 Å². The molecule has 0 radical (unpaired) electrons. The molecule has 0 aromatic carbocycles. The smallest absolute Gasteiger partial charge is 0.00911 e. The van der Waals surface area contributed by atoms with Crippen molar-refractivity contribution in [3.8, 4) is 0 Å². The number of nitrogens with one attached hydrogen (secondary N) is 1. The summed E-state index contributed by atoms with van der Waals surface area (Å²) < 4.78 is 0. The second-order valence-electron chi connectivity index (χ2n) is 4.10. The Morgan fingerprint density at radius 2 is 1.92 bits per heavy atom. The van der Waals surface area contributed by atoms with Gasteiger partial charge in [-0.25, -0.2) is 0 Å². The number of hydrogen-bond acceptors (Lipinski definition) is 1. The van der Waals surface area contributed by atoms with Crippen LogP contribution in [0.1, 0.15) is 52.9 Å². The molecule has 1 unspecified atom stereocenters. The molecule has 13 heavy (non-hydrogen) atoms. The maximum Gasteiger partial charge on any atom is 0.00911 e. The van der Waals surface area contributed by atoms with Crippen molar-refractivity contribution in [2.75, 3.05) is 7.05 Å². The highest BCUT2D eigenvalue weighted by Gasteiger charge is 2.23. The molecule has 0 aliphatic heterocycles. The Kier molecular flexibility index (Phi) is 5.85. The quantitative estimate of drug-likeness (QED) is 0.593. The molecule has 1 N–H and O–H groups in total. The molecule has 0 amide bonds. The predicted molar refractivity (Wildman–Crippen MR) is 60.7 cm³/mol. The zero-order valence-corrected chi connectivity index (χ0v) is 9.74. The Morgan fingerprint density at radius 1 is 1.31 bits per heavy atom. The summed E-state index contributed by atoms with van der Waals surface area (Å²) in [6, 6.07) is 0. The first kappa shape index (κ1) is 12.5. The van der Waals surface area contributed by atoms with E-state index in [1.807, 2.05) is 7.05 Å². The summed E-state index contributed by atoms with van der Waals surface area (Å²) in [5, 5.41) is 3.19. The fourth-order valence-corrected chi connectivity index (χ4v) is 1.61. The predicted octanol–water partition coefficient (Wildman–Crippen LogP) is 3.72. The van der Waals surface area contributed by atoms with Crippen molar-refractivity contribution in [2.24, 2.45) is 5.41 Å². The van der Waals surface area contributed by atoms with Gasteiger partial charge in [-0.2, -0.15) is 0 Å². The molecule has 0 rings (SSSR count). The monoisotopic (exact) mass is 183 g/mol. The highest BCUT2D eigenvalue weighted by molar-refractivity contribution is 5.05. The average molecular weight is 183 g/mol. The maximum absolute atomic E-state index is 4.08. The Bertz CT molecular complexity index is 151. The Morgan fingerprint density at radius 3 is 2.31 bits per heavy atom. The van der Waals surface area contributed by atoms with Crippen LogP contribution < -0.4 is 5.32 Å².